The van der Waals surface area contributed by atoms with Crippen molar-refractivity contribution in [3.63, 3.8) is 0 Å². The fraction of sp³-hybridized carbons (Fsp3) is 0.400. The molecule has 1 aromatic heterocycles. The van der Waals surface area contributed by atoms with E-state index in [-0.39, 0.29) is 6.04 Å². The van der Waals surface area contributed by atoms with Crippen LogP contribution in [0.15, 0.2) is 18.2 Å². The van der Waals surface area contributed by atoms with Crippen molar-refractivity contribution in [2.24, 2.45) is 12.8 Å². The molecule has 0 radical (unpaired) electrons. The third-order valence-electron chi connectivity index (χ3n) is 3.61. The first-order valence-corrected chi connectivity index (χ1v) is 6.79. The Balaban J connectivity index is 2.33. The van der Waals surface area contributed by atoms with E-state index in [4.69, 9.17) is 17.3 Å². The van der Waals surface area contributed by atoms with E-state index >= 15 is 0 Å². The van der Waals surface area contributed by atoms with Gasteiger partial charge in [-0.2, -0.15) is 5.10 Å². The molecule has 0 aliphatic heterocycles. The number of benzene rings is 1. The van der Waals surface area contributed by atoms with Crippen LogP contribution in [0.4, 0.5) is 0 Å². The maximum atomic E-state index is 6.38. The lowest BCUT2D eigenvalue weighted by Crippen LogP contribution is -2.16. The van der Waals surface area contributed by atoms with Crippen LogP contribution in [-0.4, -0.2) is 9.78 Å². The maximum absolute atomic E-state index is 6.38. The van der Waals surface area contributed by atoms with Gasteiger partial charge in [-0.1, -0.05) is 29.8 Å². The molecule has 2 N–H and O–H groups in total. The normalized spacial score (nSPS) is 12.7. The fourth-order valence-corrected chi connectivity index (χ4v) is 2.89. The molecule has 3 nitrogen and oxygen atoms in total. The molecule has 2 aromatic rings. The molecule has 0 aliphatic rings. The molecular formula is C15H20ClN3. The summed E-state index contributed by atoms with van der Waals surface area (Å²) < 4.78 is 1.70. The minimum Gasteiger partial charge on any atom is -0.324 e. The second-order valence-corrected chi connectivity index (χ2v) is 5.45. The van der Waals surface area contributed by atoms with Gasteiger partial charge in [0.15, 0.2) is 0 Å². The zero-order valence-electron chi connectivity index (χ0n) is 11.9. The average Bonchev–Trinajstić information content (AvgIpc) is 2.56. The van der Waals surface area contributed by atoms with Crippen molar-refractivity contribution < 1.29 is 0 Å². The number of aryl methyl sites for hydroxylation is 4. The molecule has 1 atom stereocenters. The van der Waals surface area contributed by atoms with Gasteiger partial charge in [-0.05, 0) is 43.9 Å². The van der Waals surface area contributed by atoms with E-state index < -0.39 is 0 Å². The number of hydrogen-bond acceptors (Lipinski definition) is 2. The summed E-state index contributed by atoms with van der Waals surface area (Å²) in [5.74, 6) is 0. The smallest absolute Gasteiger partial charge is 0.130 e. The Morgan fingerprint density at radius 2 is 1.84 bits per heavy atom. The van der Waals surface area contributed by atoms with Crippen molar-refractivity contribution in [3.8, 4) is 0 Å². The Labute approximate surface area is 119 Å². The van der Waals surface area contributed by atoms with E-state index in [1.807, 2.05) is 14.0 Å². The maximum Gasteiger partial charge on any atom is 0.130 e. The molecule has 0 aliphatic carbocycles. The zero-order chi connectivity index (χ0) is 14.2. The minimum absolute atomic E-state index is 0.0541. The Morgan fingerprint density at radius 1 is 1.26 bits per heavy atom. The molecule has 0 amide bonds. The highest BCUT2D eigenvalue weighted by Crippen LogP contribution is 2.27. The van der Waals surface area contributed by atoms with Crippen LogP contribution in [0.25, 0.3) is 0 Å². The number of nitrogens with two attached hydrogens (primary N) is 1. The molecule has 2 rings (SSSR count). The van der Waals surface area contributed by atoms with Crippen LogP contribution in [0, 0.1) is 20.8 Å². The topological polar surface area (TPSA) is 43.8 Å². The van der Waals surface area contributed by atoms with Crippen molar-refractivity contribution in [1.29, 1.82) is 0 Å². The van der Waals surface area contributed by atoms with Gasteiger partial charge in [0, 0.05) is 18.7 Å². The van der Waals surface area contributed by atoms with Crippen molar-refractivity contribution in [1.82, 2.24) is 9.78 Å². The van der Waals surface area contributed by atoms with Crippen LogP contribution in [0.2, 0.25) is 5.15 Å². The number of halogens is 1. The zero-order valence-corrected chi connectivity index (χ0v) is 12.6. The van der Waals surface area contributed by atoms with Gasteiger partial charge in [0.05, 0.1) is 5.69 Å². The highest BCUT2D eigenvalue weighted by atomic mass is 35.5. The highest BCUT2D eigenvalue weighted by molar-refractivity contribution is 6.30. The second-order valence-electron chi connectivity index (χ2n) is 5.09. The van der Waals surface area contributed by atoms with Crippen molar-refractivity contribution in [2.45, 2.75) is 33.2 Å². The van der Waals surface area contributed by atoms with E-state index in [0.29, 0.717) is 11.6 Å². The van der Waals surface area contributed by atoms with Crippen molar-refractivity contribution in [3.05, 3.63) is 51.3 Å². The van der Waals surface area contributed by atoms with Crippen LogP contribution < -0.4 is 5.73 Å². The van der Waals surface area contributed by atoms with Crippen LogP contribution in [0.1, 0.15) is 34.0 Å². The average molecular weight is 278 g/mol. The van der Waals surface area contributed by atoms with Gasteiger partial charge < -0.3 is 5.73 Å². The molecule has 1 aromatic carbocycles. The van der Waals surface area contributed by atoms with Gasteiger partial charge in [0.2, 0.25) is 0 Å². The second kappa shape index (κ2) is 5.35. The van der Waals surface area contributed by atoms with E-state index in [1.165, 1.54) is 16.7 Å². The molecule has 19 heavy (non-hydrogen) atoms. The summed E-state index contributed by atoms with van der Waals surface area (Å²) in [4.78, 5) is 0. The monoisotopic (exact) mass is 277 g/mol. The van der Waals surface area contributed by atoms with Crippen LogP contribution >= 0.6 is 11.6 Å². The number of rotatable bonds is 3. The first kappa shape index (κ1) is 14.1. The Bertz CT molecular complexity index is 581. The van der Waals surface area contributed by atoms with E-state index in [2.05, 4.69) is 37.1 Å². The standard InChI is InChI=1S/C15H20ClN3/c1-9-6-5-7-10(2)14(9)13(17)8-12-11(3)18-19(4)15(12)16/h5-7,13H,8,17H2,1-4H3. The quantitative estimate of drug-likeness (QED) is 0.936. The lowest BCUT2D eigenvalue weighted by Gasteiger charge is -2.17. The van der Waals surface area contributed by atoms with Gasteiger partial charge >= 0.3 is 0 Å². The Morgan fingerprint density at radius 3 is 2.32 bits per heavy atom. The van der Waals surface area contributed by atoms with Crippen molar-refractivity contribution in [2.75, 3.05) is 0 Å². The van der Waals surface area contributed by atoms with E-state index in [9.17, 15) is 0 Å². The Kier molecular flexibility index (Phi) is 3.97. The molecule has 0 spiro atoms. The predicted molar refractivity (Wildman–Crippen MR) is 79.5 cm³/mol. The number of nitrogens with zero attached hydrogens (tertiary/aromatic N) is 2. The minimum atomic E-state index is -0.0541. The van der Waals surface area contributed by atoms with E-state index in [1.54, 1.807) is 4.68 Å². The summed E-state index contributed by atoms with van der Waals surface area (Å²) in [5, 5.41) is 5.01. The summed E-state index contributed by atoms with van der Waals surface area (Å²) >= 11 is 6.27. The van der Waals surface area contributed by atoms with E-state index in [0.717, 1.165) is 11.3 Å². The molecule has 0 saturated heterocycles. The molecule has 0 saturated carbocycles. The van der Waals surface area contributed by atoms with Gasteiger partial charge in [-0.3, -0.25) is 4.68 Å². The Hall–Kier alpha value is -1.32. The third kappa shape index (κ3) is 2.67. The van der Waals surface area contributed by atoms with Crippen LogP contribution in [0.3, 0.4) is 0 Å². The SMILES string of the molecule is Cc1cccc(C)c1C(N)Cc1c(C)nn(C)c1Cl. The number of hydrogen-bond donors (Lipinski definition) is 1. The van der Waals surface area contributed by atoms with Crippen molar-refractivity contribution >= 4 is 11.6 Å². The summed E-state index contributed by atoms with van der Waals surface area (Å²) in [5.41, 5.74) is 12.0. The molecule has 102 valence electrons. The van der Waals surface area contributed by atoms with Gasteiger partial charge in [-0.25, -0.2) is 0 Å². The molecular weight excluding hydrogens is 258 g/mol. The van der Waals surface area contributed by atoms with Crippen LogP contribution in [-0.2, 0) is 13.5 Å². The van der Waals surface area contributed by atoms with Gasteiger partial charge in [0.1, 0.15) is 5.15 Å². The third-order valence-corrected chi connectivity index (χ3v) is 4.08. The predicted octanol–water partition coefficient (Wildman–Crippen LogP) is 3.24. The van der Waals surface area contributed by atoms with Gasteiger partial charge in [-0.15, -0.1) is 0 Å². The molecule has 1 heterocycles. The largest absolute Gasteiger partial charge is 0.324 e. The first-order chi connectivity index (χ1) is 8.91. The summed E-state index contributed by atoms with van der Waals surface area (Å²) in [6.45, 7) is 6.17. The molecule has 1 unspecified atom stereocenters. The summed E-state index contributed by atoms with van der Waals surface area (Å²) in [6, 6.07) is 6.20. The lowest BCUT2D eigenvalue weighted by atomic mass is 9.92. The molecule has 0 fully saturated rings. The fourth-order valence-electron chi connectivity index (χ4n) is 2.64. The molecule has 4 heteroatoms. The highest BCUT2D eigenvalue weighted by Gasteiger charge is 2.18. The molecule has 0 bridgehead atoms. The summed E-state index contributed by atoms with van der Waals surface area (Å²) in [7, 11) is 1.85. The number of aromatic nitrogens is 2. The van der Waals surface area contributed by atoms with Crippen LogP contribution in [0.5, 0.6) is 0 Å². The summed E-state index contributed by atoms with van der Waals surface area (Å²) in [6.07, 6.45) is 0.712. The lowest BCUT2D eigenvalue weighted by molar-refractivity contribution is 0.708. The van der Waals surface area contributed by atoms with Gasteiger partial charge in [0.25, 0.3) is 0 Å². The first-order valence-electron chi connectivity index (χ1n) is 6.41.